The fourth-order valence-corrected chi connectivity index (χ4v) is 41.1. The molecule has 0 heterocycles. The Bertz CT molecular complexity index is 1060. The van der Waals surface area contributed by atoms with E-state index in [2.05, 4.69) is 146 Å². The summed E-state index contributed by atoms with van der Waals surface area (Å²) in [7, 11) is -5.06. The molecule has 0 spiro atoms. The Hall–Kier alpha value is -1.36. The van der Waals surface area contributed by atoms with Crippen LogP contribution < -0.4 is 0 Å². The molecule has 2 atom stereocenters. The van der Waals surface area contributed by atoms with Crippen molar-refractivity contribution in [3.63, 3.8) is 0 Å². The van der Waals surface area contributed by atoms with Gasteiger partial charge in [0, 0.05) is 24.2 Å². The zero-order valence-electron chi connectivity index (χ0n) is 23.5. The highest BCUT2D eigenvalue weighted by atomic mass is 28.5. The number of allylic oxidation sites excluding steroid dienone is 2. The first-order chi connectivity index (χ1) is 15.5. The minimum Gasteiger partial charge on any atom is -0.0809 e. The third-order valence-corrected chi connectivity index (χ3v) is 30.9. The monoisotopic (exact) mass is 500 g/mol. The van der Waals surface area contributed by atoms with Crippen molar-refractivity contribution in [1.82, 2.24) is 0 Å². The van der Waals surface area contributed by atoms with E-state index in [9.17, 15) is 0 Å². The van der Waals surface area contributed by atoms with Gasteiger partial charge in [-0.1, -0.05) is 150 Å². The van der Waals surface area contributed by atoms with Crippen LogP contribution in [0.5, 0.6) is 0 Å². The Labute approximate surface area is 213 Å². The van der Waals surface area contributed by atoms with Crippen LogP contribution in [0.25, 0.3) is 12.2 Å². The standard InChI is InChI=1S/C30H45BSi3/c1-28(22-20-24-16-12-14-18-26(24)28)31(29(2)23-21-25-17-13-15-19-27(25)29)30(32(3,4)5,33(6,7)8)34(9,10)11/h12-23H,1-11H3. The zero-order valence-corrected chi connectivity index (χ0v) is 26.5. The Kier molecular flexibility index (Phi) is 5.91. The molecule has 2 aliphatic rings. The number of hydrogen-bond acceptors (Lipinski definition) is 0. The molecule has 0 aliphatic heterocycles. The summed E-state index contributed by atoms with van der Waals surface area (Å²) in [6.45, 7) is 30.1. The summed E-state index contributed by atoms with van der Waals surface area (Å²) in [5.41, 5.74) is 5.92. The summed E-state index contributed by atoms with van der Waals surface area (Å²) < 4.78 is 0.389. The number of fused-ring (bicyclic) bond motifs is 2. The van der Waals surface area contributed by atoms with Crippen molar-refractivity contribution in [2.45, 2.75) is 87.6 Å². The van der Waals surface area contributed by atoms with Crippen LogP contribution in [-0.2, 0) is 10.6 Å². The SMILES string of the molecule is CC1(B(C2(C)C=Cc3ccccc32)C([Si](C)(C)C)([Si](C)(C)C)[Si](C)(C)C)C=Cc2ccccc21. The summed E-state index contributed by atoms with van der Waals surface area (Å²) in [4.78, 5) is 0. The Morgan fingerprint density at radius 2 is 0.882 bits per heavy atom. The highest BCUT2D eigenvalue weighted by Crippen LogP contribution is 2.65. The van der Waals surface area contributed by atoms with Crippen molar-refractivity contribution in [3.05, 3.63) is 82.9 Å². The van der Waals surface area contributed by atoms with Crippen molar-refractivity contribution in [2.24, 2.45) is 0 Å². The summed E-state index contributed by atoms with van der Waals surface area (Å²) in [5, 5.41) is -0.0120. The molecule has 0 nitrogen and oxygen atoms in total. The van der Waals surface area contributed by atoms with Gasteiger partial charge in [-0.25, -0.2) is 0 Å². The lowest BCUT2D eigenvalue weighted by atomic mass is 9.21. The highest BCUT2D eigenvalue weighted by molar-refractivity contribution is 7.26. The van der Waals surface area contributed by atoms with Gasteiger partial charge in [0.2, 0.25) is 0 Å². The van der Waals surface area contributed by atoms with Crippen molar-refractivity contribution in [1.29, 1.82) is 0 Å². The van der Waals surface area contributed by atoms with Crippen molar-refractivity contribution in [2.75, 3.05) is 0 Å². The van der Waals surface area contributed by atoms with E-state index in [1.165, 1.54) is 22.3 Å². The van der Waals surface area contributed by atoms with Gasteiger partial charge >= 0.3 is 0 Å². The lowest BCUT2D eigenvalue weighted by molar-refractivity contribution is 0.722. The fraction of sp³-hybridized carbons (Fsp3) is 0.467. The Balaban J connectivity index is 2.18. The minimum atomic E-state index is -1.69. The zero-order chi connectivity index (χ0) is 25.4. The van der Waals surface area contributed by atoms with E-state index in [1.807, 2.05) is 0 Å². The van der Waals surface area contributed by atoms with E-state index in [0.29, 0.717) is 10.9 Å². The summed E-state index contributed by atoms with van der Waals surface area (Å²) in [6, 6.07) is 18.5. The first kappa shape index (κ1) is 25.7. The number of benzene rings is 2. The molecule has 0 bridgehead atoms. The van der Waals surface area contributed by atoms with Crippen molar-refractivity contribution < 1.29 is 0 Å². The van der Waals surface area contributed by atoms with Crippen LogP contribution in [0.2, 0.25) is 63.1 Å². The van der Waals surface area contributed by atoms with Crippen LogP contribution >= 0.6 is 0 Å². The van der Waals surface area contributed by atoms with Crippen LogP contribution in [0, 0.1) is 0 Å². The van der Waals surface area contributed by atoms with Crippen LogP contribution in [0.4, 0.5) is 0 Å². The molecule has 2 aliphatic carbocycles. The second-order valence-corrected chi connectivity index (χ2v) is 31.8. The normalized spacial score (nSPS) is 24.3. The molecule has 34 heavy (non-hydrogen) atoms. The van der Waals surface area contributed by atoms with Crippen LogP contribution in [-0.4, -0.2) is 30.9 Å². The van der Waals surface area contributed by atoms with Crippen molar-refractivity contribution >= 4 is 43.1 Å². The molecule has 0 saturated carbocycles. The molecular weight excluding hydrogens is 455 g/mol. The minimum absolute atomic E-state index is 0.00598. The summed E-state index contributed by atoms with van der Waals surface area (Å²) >= 11 is 0. The van der Waals surface area contributed by atoms with E-state index >= 15 is 0 Å². The van der Waals surface area contributed by atoms with Crippen LogP contribution in [0.1, 0.15) is 36.1 Å². The highest BCUT2D eigenvalue weighted by Gasteiger charge is 2.72. The number of rotatable bonds is 6. The topological polar surface area (TPSA) is 0 Å². The van der Waals surface area contributed by atoms with Gasteiger partial charge in [-0.3, -0.25) is 0 Å². The molecule has 2 unspecified atom stereocenters. The molecule has 4 rings (SSSR count). The average Bonchev–Trinajstić information content (AvgIpc) is 3.22. The van der Waals surface area contributed by atoms with Gasteiger partial charge in [0.15, 0.2) is 6.71 Å². The second-order valence-electron chi connectivity index (χ2n) is 14.4. The van der Waals surface area contributed by atoms with Gasteiger partial charge in [-0.2, -0.15) is 0 Å². The van der Waals surface area contributed by atoms with Crippen LogP contribution in [0.15, 0.2) is 60.7 Å². The molecule has 4 heteroatoms. The molecule has 0 aromatic heterocycles. The predicted octanol–water partition coefficient (Wildman–Crippen LogP) is 8.90. The van der Waals surface area contributed by atoms with Gasteiger partial charge in [0.1, 0.15) is 0 Å². The largest absolute Gasteiger partial charge is 0.171 e. The molecule has 2 aromatic rings. The van der Waals surface area contributed by atoms with E-state index in [4.69, 9.17) is 0 Å². The maximum Gasteiger partial charge on any atom is 0.171 e. The Morgan fingerprint density at radius 1 is 0.559 bits per heavy atom. The Morgan fingerprint density at radius 3 is 1.21 bits per heavy atom. The van der Waals surface area contributed by atoms with Crippen molar-refractivity contribution in [3.8, 4) is 0 Å². The molecule has 0 saturated heterocycles. The van der Waals surface area contributed by atoms with E-state index in [1.54, 1.807) is 0 Å². The van der Waals surface area contributed by atoms with E-state index < -0.39 is 24.2 Å². The summed E-state index contributed by atoms with van der Waals surface area (Å²) in [6.07, 6.45) is 10.1. The maximum absolute atomic E-state index is 2.71. The smallest absolute Gasteiger partial charge is 0.0809 e. The molecule has 0 radical (unpaired) electrons. The predicted molar refractivity (Wildman–Crippen MR) is 164 cm³/mol. The lowest BCUT2D eigenvalue weighted by Crippen LogP contribution is -2.79. The van der Waals surface area contributed by atoms with Gasteiger partial charge < -0.3 is 0 Å². The number of hydrogen-bond donors (Lipinski definition) is 0. The van der Waals surface area contributed by atoms with Gasteiger partial charge in [-0.15, -0.1) is 0 Å². The first-order valence-electron chi connectivity index (χ1n) is 13.1. The maximum atomic E-state index is 2.71. The van der Waals surface area contributed by atoms with Gasteiger partial charge in [0.25, 0.3) is 0 Å². The average molecular weight is 501 g/mol. The van der Waals surface area contributed by atoms with E-state index in [-0.39, 0.29) is 10.6 Å². The third kappa shape index (κ3) is 3.35. The molecule has 180 valence electrons. The quantitative estimate of drug-likeness (QED) is 0.347. The third-order valence-electron chi connectivity index (χ3n) is 9.48. The second kappa shape index (κ2) is 7.82. The summed E-state index contributed by atoms with van der Waals surface area (Å²) in [5.74, 6) is 0. The molecular formula is C30H45BSi3. The first-order valence-corrected chi connectivity index (χ1v) is 23.6. The van der Waals surface area contributed by atoms with E-state index in [0.717, 1.165) is 0 Å². The molecule has 0 amide bonds. The fourth-order valence-electron chi connectivity index (χ4n) is 9.67. The van der Waals surface area contributed by atoms with Crippen LogP contribution in [0.3, 0.4) is 0 Å². The molecule has 0 fully saturated rings. The molecule has 2 aromatic carbocycles. The molecule has 0 N–H and O–H groups in total. The van der Waals surface area contributed by atoms with Gasteiger partial charge in [0.05, 0.1) is 0 Å². The lowest BCUT2D eigenvalue weighted by Gasteiger charge is -2.68. The van der Waals surface area contributed by atoms with Gasteiger partial charge in [-0.05, 0) is 32.9 Å².